The van der Waals surface area contributed by atoms with Crippen LogP contribution in [0.1, 0.15) is 23.2 Å². The SMILES string of the molecule is O=C(NCC1CCCN(C(=O)N2CCOCC2)C1)c1ccccc1. The molecule has 2 aliphatic rings. The van der Waals surface area contributed by atoms with Crippen molar-refractivity contribution in [1.29, 1.82) is 0 Å². The van der Waals surface area contributed by atoms with Crippen LogP contribution in [0.3, 0.4) is 0 Å². The molecule has 6 heteroatoms. The van der Waals surface area contributed by atoms with Crippen molar-refractivity contribution < 1.29 is 14.3 Å². The van der Waals surface area contributed by atoms with Crippen LogP contribution in [-0.4, -0.2) is 67.7 Å². The van der Waals surface area contributed by atoms with Crippen molar-refractivity contribution in [3.8, 4) is 0 Å². The molecule has 2 fully saturated rings. The van der Waals surface area contributed by atoms with Crippen LogP contribution in [0, 0.1) is 5.92 Å². The van der Waals surface area contributed by atoms with E-state index in [1.165, 1.54) is 0 Å². The number of rotatable bonds is 3. The van der Waals surface area contributed by atoms with Crippen molar-refractivity contribution in [2.24, 2.45) is 5.92 Å². The molecule has 2 heterocycles. The van der Waals surface area contributed by atoms with E-state index in [9.17, 15) is 9.59 Å². The number of carbonyl (C=O) groups is 2. The molecule has 0 spiro atoms. The van der Waals surface area contributed by atoms with Gasteiger partial charge in [0.2, 0.25) is 0 Å². The van der Waals surface area contributed by atoms with Gasteiger partial charge in [-0.15, -0.1) is 0 Å². The van der Waals surface area contributed by atoms with Gasteiger partial charge in [-0.1, -0.05) is 18.2 Å². The van der Waals surface area contributed by atoms with Crippen LogP contribution in [0.15, 0.2) is 30.3 Å². The number of benzene rings is 1. The lowest BCUT2D eigenvalue weighted by Crippen LogP contribution is -2.52. The molecule has 1 atom stereocenters. The Morgan fingerprint density at radius 1 is 1.08 bits per heavy atom. The lowest BCUT2D eigenvalue weighted by molar-refractivity contribution is 0.0391. The minimum absolute atomic E-state index is 0.0489. The standard InChI is InChI=1S/C18H25N3O3/c22-17(16-6-2-1-3-7-16)19-13-15-5-4-8-21(14-15)18(23)20-9-11-24-12-10-20/h1-3,6-7,15H,4-5,8-14H2,(H,19,22). The predicted molar refractivity (Wildman–Crippen MR) is 90.9 cm³/mol. The molecular weight excluding hydrogens is 306 g/mol. The van der Waals surface area contributed by atoms with Gasteiger partial charge in [-0.05, 0) is 30.9 Å². The number of carbonyl (C=O) groups excluding carboxylic acids is 2. The monoisotopic (exact) mass is 331 g/mol. The molecule has 2 saturated heterocycles. The highest BCUT2D eigenvalue weighted by atomic mass is 16.5. The third-order valence-electron chi connectivity index (χ3n) is 4.66. The molecule has 0 aromatic heterocycles. The summed E-state index contributed by atoms with van der Waals surface area (Å²) in [5, 5.41) is 3.00. The second kappa shape index (κ2) is 8.15. The molecule has 6 nitrogen and oxygen atoms in total. The third kappa shape index (κ3) is 4.26. The summed E-state index contributed by atoms with van der Waals surface area (Å²) >= 11 is 0. The molecular formula is C18H25N3O3. The van der Waals surface area contributed by atoms with E-state index in [2.05, 4.69) is 5.32 Å². The van der Waals surface area contributed by atoms with Gasteiger partial charge in [0.05, 0.1) is 13.2 Å². The van der Waals surface area contributed by atoms with Crippen LogP contribution in [0.25, 0.3) is 0 Å². The summed E-state index contributed by atoms with van der Waals surface area (Å²) in [4.78, 5) is 28.5. The topological polar surface area (TPSA) is 61.9 Å². The van der Waals surface area contributed by atoms with E-state index < -0.39 is 0 Å². The first kappa shape index (κ1) is 16.8. The molecule has 130 valence electrons. The second-order valence-corrected chi connectivity index (χ2v) is 6.41. The summed E-state index contributed by atoms with van der Waals surface area (Å²) < 4.78 is 5.31. The van der Waals surface area contributed by atoms with Gasteiger partial charge in [0, 0.05) is 38.3 Å². The van der Waals surface area contributed by atoms with Crippen LogP contribution >= 0.6 is 0 Å². The van der Waals surface area contributed by atoms with E-state index in [0.717, 1.165) is 19.4 Å². The maximum Gasteiger partial charge on any atom is 0.320 e. The summed E-state index contributed by atoms with van der Waals surface area (Å²) in [6.07, 6.45) is 2.03. The first-order chi connectivity index (χ1) is 11.7. The predicted octanol–water partition coefficient (Wildman–Crippen LogP) is 1.58. The molecule has 3 rings (SSSR count). The Morgan fingerprint density at radius 2 is 1.83 bits per heavy atom. The van der Waals surface area contributed by atoms with Gasteiger partial charge in [0.1, 0.15) is 0 Å². The molecule has 0 bridgehead atoms. The van der Waals surface area contributed by atoms with Crippen LogP contribution in [0.5, 0.6) is 0 Å². The summed E-state index contributed by atoms with van der Waals surface area (Å²) in [5.74, 6) is 0.267. The van der Waals surface area contributed by atoms with Gasteiger partial charge < -0.3 is 19.9 Å². The molecule has 3 amide bonds. The van der Waals surface area contributed by atoms with Gasteiger partial charge in [-0.2, -0.15) is 0 Å². The van der Waals surface area contributed by atoms with Crippen molar-refractivity contribution in [2.45, 2.75) is 12.8 Å². The molecule has 0 aliphatic carbocycles. The Hall–Kier alpha value is -2.08. The number of morpholine rings is 1. The highest BCUT2D eigenvalue weighted by Crippen LogP contribution is 2.18. The summed E-state index contributed by atoms with van der Waals surface area (Å²) in [6, 6.07) is 9.34. The summed E-state index contributed by atoms with van der Waals surface area (Å²) in [7, 11) is 0. The molecule has 24 heavy (non-hydrogen) atoms. The molecule has 2 aliphatic heterocycles. The number of amides is 3. The fourth-order valence-electron chi connectivity index (χ4n) is 3.29. The maximum atomic E-state index is 12.6. The van der Waals surface area contributed by atoms with Gasteiger partial charge in [0.25, 0.3) is 5.91 Å². The Morgan fingerprint density at radius 3 is 2.58 bits per heavy atom. The second-order valence-electron chi connectivity index (χ2n) is 6.41. The normalized spacial score (nSPS) is 21.4. The highest BCUT2D eigenvalue weighted by molar-refractivity contribution is 5.94. The van der Waals surface area contributed by atoms with Gasteiger partial charge in [-0.3, -0.25) is 4.79 Å². The van der Waals surface area contributed by atoms with Crippen LogP contribution in [0.4, 0.5) is 4.79 Å². The van der Waals surface area contributed by atoms with Crippen molar-refractivity contribution in [3.05, 3.63) is 35.9 Å². The minimum atomic E-state index is -0.0489. The van der Waals surface area contributed by atoms with Gasteiger partial charge in [-0.25, -0.2) is 4.79 Å². The van der Waals surface area contributed by atoms with E-state index >= 15 is 0 Å². The Bertz CT molecular complexity index is 558. The van der Waals surface area contributed by atoms with Crippen molar-refractivity contribution >= 4 is 11.9 Å². The Kier molecular flexibility index (Phi) is 5.69. The number of hydrogen-bond donors (Lipinski definition) is 1. The molecule has 0 saturated carbocycles. The average Bonchev–Trinajstić information content (AvgIpc) is 2.67. The first-order valence-corrected chi connectivity index (χ1v) is 8.69. The van der Waals surface area contributed by atoms with E-state index in [1.807, 2.05) is 40.1 Å². The zero-order chi connectivity index (χ0) is 16.8. The van der Waals surface area contributed by atoms with E-state index in [1.54, 1.807) is 0 Å². The zero-order valence-corrected chi connectivity index (χ0v) is 13.9. The number of nitrogens with one attached hydrogen (secondary N) is 1. The zero-order valence-electron chi connectivity index (χ0n) is 13.9. The van der Waals surface area contributed by atoms with Crippen molar-refractivity contribution in [2.75, 3.05) is 45.9 Å². The Balaban J connectivity index is 1.48. The first-order valence-electron chi connectivity index (χ1n) is 8.69. The smallest absolute Gasteiger partial charge is 0.320 e. The fraction of sp³-hybridized carbons (Fsp3) is 0.556. The lowest BCUT2D eigenvalue weighted by Gasteiger charge is -2.37. The minimum Gasteiger partial charge on any atom is -0.378 e. The largest absolute Gasteiger partial charge is 0.378 e. The molecule has 1 aromatic carbocycles. The fourth-order valence-corrected chi connectivity index (χ4v) is 3.29. The van der Waals surface area contributed by atoms with Crippen LogP contribution in [0.2, 0.25) is 0 Å². The number of hydrogen-bond acceptors (Lipinski definition) is 3. The van der Waals surface area contributed by atoms with Crippen LogP contribution in [-0.2, 0) is 4.74 Å². The molecule has 1 unspecified atom stereocenters. The van der Waals surface area contributed by atoms with Crippen molar-refractivity contribution in [1.82, 2.24) is 15.1 Å². The average molecular weight is 331 g/mol. The van der Waals surface area contributed by atoms with E-state index in [4.69, 9.17) is 4.74 Å². The van der Waals surface area contributed by atoms with Crippen molar-refractivity contribution in [3.63, 3.8) is 0 Å². The molecule has 1 aromatic rings. The van der Waals surface area contributed by atoms with E-state index in [-0.39, 0.29) is 11.9 Å². The summed E-state index contributed by atoms with van der Waals surface area (Å²) in [6.45, 7) is 4.72. The number of urea groups is 1. The van der Waals surface area contributed by atoms with Crippen LogP contribution < -0.4 is 5.32 Å². The molecule has 1 N–H and O–H groups in total. The third-order valence-corrected chi connectivity index (χ3v) is 4.66. The number of nitrogens with zero attached hydrogens (tertiary/aromatic N) is 2. The maximum absolute atomic E-state index is 12.6. The summed E-state index contributed by atoms with van der Waals surface area (Å²) in [5.41, 5.74) is 0.676. The van der Waals surface area contributed by atoms with Gasteiger partial charge in [0.15, 0.2) is 0 Å². The number of likely N-dealkylation sites (tertiary alicyclic amines) is 1. The highest BCUT2D eigenvalue weighted by Gasteiger charge is 2.28. The van der Waals surface area contributed by atoms with Gasteiger partial charge >= 0.3 is 6.03 Å². The molecule has 0 radical (unpaired) electrons. The van der Waals surface area contributed by atoms with E-state index in [0.29, 0.717) is 50.9 Å². The number of piperidine rings is 1. The Labute approximate surface area is 142 Å². The number of ether oxygens (including phenoxy) is 1. The lowest BCUT2D eigenvalue weighted by atomic mass is 9.98. The quantitative estimate of drug-likeness (QED) is 0.915.